The molecule has 2 aliphatic rings. The zero-order valence-electron chi connectivity index (χ0n) is 15.8. The maximum atomic E-state index is 13.0. The molecule has 0 aromatic carbocycles. The van der Waals surface area contributed by atoms with Crippen LogP contribution in [0.4, 0.5) is 5.69 Å². The number of hydrogen-bond acceptors (Lipinski definition) is 5. The van der Waals surface area contributed by atoms with Crippen molar-refractivity contribution in [2.24, 2.45) is 5.73 Å². The maximum absolute atomic E-state index is 13.0. The molecule has 2 amide bonds. The first-order valence-corrected chi connectivity index (χ1v) is 9.87. The topological polar surface area (TPSA) is 117 Å². The van der Waals surface area contributed by atoms with Gasteiger partial charge in [-0.2, -0.15) is 0 Å². The summed E-state index contributed by atoms with van der Waals surface area (Å²) in [6, 6.07) is 5.97. The highest BCUT2D eigenvalue weighted by Crippen LogP contribution is 2.39. The van der Waals surface area contributed by atoms with E-state index in [1.165, 1.54) is 6.20 Å². The molecule has 2 fully saturated rings. The van der Waals surface area contributed by atoms with Crippen molar-refractivity contribution >= 4 is 28.5 Å². The SMILES string of the molecule is NC(=O)c1cnc2[nH]ccc2c1N[C@@H]1C[C@H]2CC[C@@H](C1)N2C(=O)c1ccncc1. The van der Waals surface area contributed by atoms with Crippen molar-refractivity contribution in [1.29, 1.82) is 0 Å². The van der Waals surface area contributed by atoms with Crippen LogP contribution in [0, 0.1) is 0 Å². The number of primary amides is 1. The number of aromatic nitrogens is 3. The fourth-order valence-electron chi connectivity index (χ4n) is 4.82. The average molecular weight is 390 g/mol. The summed E-state index contributed by atoms with van der Waals surface area (Å²) in [5.74, 6) is -0.426. The second kappa shape index (κ2) is 6.88. The Balaban J connectivity index is 1.39. The van der Waals surface area contributed by atoms with E-state index in [0.29, 0.717) is 16.8 Å². The summed E-state index contributed by atoms with van der Waals surface area (Å²) in [6.45, 7) is 0. The lowest BCUT2D eigenvalue weighted by atomic mass is 9.95. The van der Waals surface area contributed by atoms with Crippen LogP contribution in [0.5, 0.6) is 0 Å². The minimum Gasteiger partial charge on any atom is -0.381 e. The number of nitrogens with zero attached hydrogens (tertiary/aromatic N) is 3. The summed E-state index contributed by atoms with van der Waals surface area (Å²) >= 11 is 0. The fourth-order valence-corrected chi connectivity index (χ4v) is 4.82. The summed E-state index contributed by atoms with van der Waals surface area (Å²) in [5, 5.41) is 4.40. The molecule has 4 N–H and O–H groups in total. The highest BCUT2D eigenvalue weighted by molar-refractivity contribution is 6.06. The molecule has 8 heteroatoms. The standard InChI is InChI=1S/C21H22N6O2/c22-19(28)17-11-25-20-16(5-8-24-20)18(17)26-13-9-14-1-2-15(10-13)27(14)21(29)12-3-6-23-7-4-12/h3-8,11,13-15H,1-2,9-10H2,(H2,22,28)(H2,24,25,26)/t13-,14-,15+. The third kappa shape index (κ3) is 3.00. The van der Waals surface area contributed by atoms with E-state index >= 15 is 0 Å². The number of piperidine rings is 1. The smallest absolute Gasteiger partial charge is 0.254 e. The van der Waals surface area contributed by atoms with Crippen molar-refractivity contribution in [2.45, 2.75) is 43.8 Å². The molecular weight excluding hydrogens is 368 g/mol. The summed E-state index contributed by atoms with van der Waals surface area (Å²) in [6.07, 6.45) is 10.3. The first-order chi connectivity index (χ1) is 14.1. The van der Waals surface area contributed by atoms with Crippen LogP contribution in [-0.4, -0.2) is 49.8 Å². The predicted molar refractivity (Wildman–Crippen MR) is 108 cm³/mol. The van der Waals surface area contributed by atoms with Gasteiger partial charge in [-0.15, -0.1) is 0 Å². The van der Waals surface area contributed by atoms with E-state index in [4.69, 9.17) is 5.73 Å². The second-order valence-corrected chi connectivity index (χ2v) is 7.80. The molecule has 148 valence electrons. The van der Waals surface area contributed by atoms with Crippen molar-refractivity contribution in [3.05, 3.63) is 54.1 Å². The molecule has 0 spiro atoms. The molecule has 3 aromatic heterocycles. The maximum Gasteiger partial charge on any atom is 0.254 e. The molecule has 3 atom stereocenters. The highest BCUT2D eigenvalue weighted by Gasteiger charge is 2.43. The van der Waals surface area contributed by atoms with Crippen LogP contribution < -0.4 is 11.1 Å². The number of nitrogens with one attached hydrogen (secondary N) is 2. The Morgan fingerprint density at radius 1 is 1.14 bits per heavy atom. The summed E-state index contributed by atoms with van der Waals surface area (Å²) < 4.78 is 0. The van der Waals surface area contributed by atoms with Gasteiger partial charge in [-0.05, 0) is 43.9 Å². The van der Waals surface area contributed by atoms with Gasteiger partial charge < -0.3 is 20.9 Å². The van der Waals surface area contributed by atoms with E-state index in [1.54, 1.807) is 30.7 Å². The fraction of sp³-hybridized carbons (Fsp3) is 0.333. The number of fused-ring (bicyclic) bond motifs is 3. The van der Waals surface area contributed by atoms with Crippen LogP contribution in [0.15, 0.2) is 43.0 Å². The Labute approximate surface area is 167 Å². The monoisotopic (exact) mass is 390 g/mol. The third-order valence-corrected chi connectivity index (χ3v) is 6.10. The number of rotatable bonds is 4. The van der Waals surface area contributed by atoms with Crippen LogP contribution >= 0.6 is 0 Å². The number of pyridine rings is 2. The van der Waals surface area contributed by atoms with Gasteiger partial charge in [-0.3, -0.25) is 14.6 Å². The van der Waals surface area contributed by atoms with E-state index in [-0.39, 0.29) is 24.0 Å². The lowest BCUT2D eigenvalue weighted by molar-refractivity contribution is 0.0583. The molecule has 3 aromatic rings. The van der Waals surface area contributed by atoms with Gasteiger partial charge in [0.25, 0.3) is 11.8 Å². The molecule has 2 aliphatic heterocycles. The number of aromatic amines is 1. The number of nitrogens with two attached hydrogens (primary N) is 1. The molecule has 5 heterocycles. The molecule has 2 bridgehead atoms. The first kappa shape index (κ1) is 17.7. The van der Waals surface area contributed by atoms with E-state index in [2.05, 4.69) is 20.3 Å². The quantitative estimate of drug-likeness (QED) is 0.632. The molecule has 0 aliphatic carbocycles. The van der Waals surface area contributed by atoms with Crippen molar-refractivity contribution in [1.82, 2.24) is 19.9 Å². The molecule has 5 rings (SSSR count). The van der Waals surface area contributed by atoms with Gasteiger partial charge in [0, 0.05) is 53.9 Å². The Morgan fingerprint density at radius 3 is 2.55 bits per heavy atom. The van der Waals surface area contributed by atoms with Crippen LogP contribution in [0.3, 0.4) is 0 Å². The van der Waals surface area contributed by atoms with Gasteiger partial charge in [-0.25, -0.2) is 4.98 Å². The van der Waals surface area contributed by atoms with E-state index < -0.39 is 5.91 Å². The summed E-state index contributed by atoms with van der Waals surface area (Å²) in [7, 11) is 0. The number of hydrogen-bond donors (Lipinski definition) is 3. The molecule has 0 saturated carbocycles. The van der Waals surface area contributed by atoms with Crippen molar-refractivity contribution in [3.8, 4) is 0 Å². The minimum atomic E-state index is -0.503. The van der Waals surface area contributed by atoms with Gasteiger partial charge in [0.15, 0.2) is 0 Å². The van der Waals surface area contributed by atoms with Gasteiger partial charge in [0.1, 0.15) is 5.65 Å². The van der Waals surface area contributed by atoms with E-state index in [0.717, 1.165) is 36.8 Å². The Hall–Kier alpha value is -3.42. The van der Waals surface area contributed by atoms with Gasteiger partial charge >= 0.3 is 0 Å². The first-order valence-electron chi connectivity index (χ1n) is 9.87. The number of H-pyrrole nitrogens is 1. The van der Waals surface area contributed by atoms with Crippen LogP contribution in [0.25, 0.3) is 11.0 Å². The van der Waals surface area contributed by atoms with Crippen LogP contribution in [0.2, 0.25) is 0 Å². The van der Waals surface area contributed by atoms with Gasteiger partial charge in [0.2, 0.25) is 0 Å². The minimum absolute atomic E-state index is 0.0770. The van der Waals surface area contributed by atoms with Crippen molar-refractivity contribution in [2.75, 3.05) is 5.32 Å². The summed E-state index contributed by atoms with van der Waals surface area (Å²) in [4.78, 5) is 38.3. The zero-order valence-corrected chi connectivity index (χ0v) is 15.8. The van der Waals surface area contributed by atoms with Gasteiger partial charge in [-0.1, -0.05) is 0 Å². The lowest BCUT2D eigenvalue weighted by Gasteiger charge is -2.39. The number of anilines is 1. The highest BCUT2D eigenvalue weighted by atomic mass is 16.2. The third-order valence-electron chi connectivity index (χ3n) is 6.10. The number of carbonyl (C=O) groups excluding carboxylic acids is 2. The predicted octanol–water partition coefficient (Wildman–Crippen LogP) is 2.30. The average Bonchev–Trinajstić information content (AvgIpc) is 3.31. The van der Waals surface area contributed by atoms with E-state index in [1.807, 2.05) is 11.0 Å². The Morgan fingerprint density at radius 2 is 1.86 bits per heavy atom. The molecule has 2 saturated heterocycles. The zero-order chi connectivity index (χ0) is 20.0. The Kier molecular flexibility index (Phi) is 4.19. The lowest BCUT2D eigenvalue weighted by Crippen LogP contribution is -2.49. The van der Waals surface area contributed by atoms with E-state index in [9.17, 15) is 9.59 Å². The summed E-state index contributed by atoms with van der Waals surface area (Å²) in [5.41, 5.74) is 8.09. The molecule has 29 heavy (non-hydrogen) atoms. The van der Waals surface area contributed by atoms with Crippen LogP contribution in [0.1, 0.15) is 46.4 Å². The Bertz CT molecular complexity index is 1070. The number of amides is 2. The van der Waals surface area contributed by atoms with Crippen molar-refractivity contribution in [3.63, 3.8) is 0 Å². The van der Waals surface area contributed by atoms with Crippen molar-refractivity contribution < 1.29 is 9.59 Å². The molecule has 0 radical (unpaired) electrons. The largest absolute Gasteiger partial charge is 0.381 e. The number of carbonyl (C=O) groups is 2. The normalized spacial score (nSPS) is 23.3. The van der Waals surface area contributed by atoms with Gasteiger partial charge in [0.05, 0.1) is 11.3 Å². The molecular formula is C21H22N6O2. The molecule has 8 nitrogen and oxygen atoms in total. The second-order valence-electron chi connectivity index (χ2n) is 7.80. The molecule has 0 unspecified atom stereocenters. The van der Waals surface area contributed by atoms with Crippen LogP contribution in [-0.2, 0) is 0 Å².